The molecule has 0 aromatic heterocycles. The Bertz CT molecular complexity index is 242. The molecule has 21 heavy (non-hydrogen) atoms. The zero-order valence-corrected chi connectivity index (χ0v) is 15.2. The van der Waals surface area contributed by atoms with Gasteiger partial charge in [-0.05, 0) is 63.6 Å². The molecule has 0 radical (unpaired) electrons. The van der Waals surface area contributed by atoms with Crippen molar-refractivity contribution < 1.29 is 0 Å². The smallest absolute Gasteiger partial charge is 0.0108 e. The Kier molecular flexibility index (Phi) is 10.4. The van der Waals surface area contributed by atoms with Crippen molar-refractivity contribution in [2.75, 3.05) is 26.2 Å². The topological polar surface area (TPSA) is 15.3 Å². The molecule has 1 N–H and O–H groups in total. The van der Waals surface area contributed by atoms with Crippen molar-refractivity contribution in [3.05, 3.63) is 0 Å². The van der Waals surface area contributed by atoms with E-state index in [1.54, 1.807) is 0 Å². The number of hydrogen-bond acceptors (Lipinski definition) is 2. The normalized spacial score (nSPS) is 26.4. The number of nitrogens with one attached hydrogen (secondary N) is 1. The average molecular weight is 297 g/mol. The van der Waals surface area contributed by atoms with Crippen LogP contribution in [0, 0.1) is 11.8 Å². The van der Waals surface area contributed by atoms with Gasteiger partial charge in [-0.3, -0.25) is 0 Å². The van der Waals surface area contributed by atoms with Gasteiger partial charge in [0.15, 0.2) is 0 Å². The second-order valence-corrected chi connectivity index (χ2v) is 7.04. The second-order valence-electron chi connectivity index (χ2n) is 7.04. The van der Waals surface area contributed by atoms with E-state index >= 15 is 0 Å². The fraction of sp³-hybridized carbons (Fsp3) is 1.00. The molecule has 0 saturated heterocycles. The fourth-order valence-electron chi connectivity index (χ4n) is 3.92. The van der Waals surface area contributed by atoms with Gasteiger partial charge in [0, 0.05) is 12.6 Å². The van der Waals surface area contributed by atoms with Gasteiger partial charge in [-0.1, -0.05) is 47.0 Å². The average Bonchev–Trinajstić information content (AvgIpc) is 2.50. The Hall–Kier alpha value is -0.0800. The highest BCUT2D eigenvalue weighted by atomic mass is 15.1. The van der Waals surface area contributed by atoms with E-state index in [0.29, 0.717) is 0 Å². The van der Waals surface area contributed by atoms with E-state index in [1.807, 2.05) is 0 Å². The van der Waals surface area contributed by atoms with Crippen LogP contribution in [0.15, 0.2) is 0 Å². The lowest BCUT2D eigenvalue weighted by Crippen LogP contribution is -2.46. The van der Waals surface area contributed by atoms with Gasteiger partial charge >= 0.3 is 0 Å². The van der Waals surface area contributed by atoms with E-state index in [0.717, 1.165) is 17.9 Å². The summed E-state index contributed by atoms with van der Waals surface area (Å²) in [6, 6.07) is 0.772. The quantitative estimate of drug-likeness (QED) is 0.595. The molecule has 1 fully saturated rings. The SMILES string of the molecule is CCCCN(CC)CC1CC(CCC)CCC1NCCC. The molecule has 0 aromatic rings. The maximum absolute atomic E-state index is 3.84. The molecule has 3 atom stereocenters. The van der Waals surface area contributed by atoms with Crippen LogP contribution in [0.5, 0.6) is 0 Å². The maximum atomic E-state index is 3.84. The molecule has 1 saturated carbocycles. The minimum Gasteiger partial charge on any atom is -0.314 e. The third-order valence-corrected chi connectivity index (χ3v) is 5.21. The Morgan fingerprint density at radius 2 is 1.81 bits per heavy atom. The Morgan fingerprint density at radius 3 is 2.43 bits per heavy atom. The molecule has 0 aromatic carbocycles. The van der Waals surface area contributed by atoms with Crippen molar-refractivity contribution in [1.82, 2.24) is 10.2 Å². The Labute approximate surface area is 134 Å². The van der Waals surface area contributed by atoms with Crippen molar-refractivity contribution in [1.29, 1.82) is 0 Å². The summed E-state index contributed by atoms with van der Waals surface area (Å²) in [6.07, 6.45) is 11.0. The molecule has 0 aliphatic heterocycles. The fourth-order valence-corrected chi connectivity index (χ4v) is 3.92. The molecule has 0 amide bonds. The summed E-state index contributed by atoms with van der Waals surface area (Å²) >= 11 is 0. The highest BCUT2D eigenvalue weighted by molar-refractivity contribution is 4.86. The Balaban J connectivity index is 2.54. The first-order valence-corrected chi connectivity index (χ1v) is 9.70. The van der Waals surface area contributed by atoms with E-state index in [9.17, 15) is 0 Å². The molecule has 3 unspecified atom stereocenters. The lowest BCUT2D eigenvalue weighted by atomic mass is 9.76. The zero-order chi connectivity index (χ0) is 15.5. The standard InChI is InChI=1S/C19H40N2/c1-5-9-14-21(8-4)16-18-15-17(10-6-2)11-12-19(18)20-13-7-3/h17-20H,5-16H2,1-4H3. The van der Waals surface area contributed by atoms with Crippen molar-refractivity contribution in [2.24, 2.45) is 11.8 Å². The summed E-state index contributed by atoms with van der Waals surface area (Å²) in [7, 11) is 0. The first kappa shape index (κ1) is 19.0. The Morgan fingerprint density at radius 1 is 1.00 bits per heavy atom. The van der Waals surface area contributed by atoms with Crippen LogP contribution in [0.25, 0.3) is 0 Å². The highest BCUT2D eigenvalue weighted by Crippen LogP contribution is 2.33. The van der Waals surface area contributed by atoms with E-state index < -0.39 is 0 Å². The molecule has 1 aliphatic carbocycles. The molecule has 1 aliphatic rings. The van der Waals surface area contributed by atoms with Crippen LogP contribution in [0.3, 0.4) is 0 Å². The molecule has 0 spiro atoms. The highest BCUT2D eigenvalue weighted by Gasteiger charge is 2.30. The first-order chi connectivity index (χ1) is 10.2. The van der Waals surface area contributed by atoms with Crippen molar-refractivity contribution in [3.8, 4) is 0 Å². The van der Waals surface area contributed by atoms with Crippen molar-refractivity contribution in [2.45, 2.75) is 85.1 Å². The second kappa shape index (κ2) is 11.5. The van der Waals surface area contributed by atoms with Gasteiger partial charge in [0.1, 0.15) is 0 Å². The molecule has 1 rings (SSSR count). The van der Waals surface area contributed by atoms with Crippen molar-refractivity contribution >= 4 is 0 Å². The van der Waals surface area contributed by atoms with Crippen LogP contribution in [0.4, 0.5) is 0 Å². The van der Waals surface area contributed by atoms with Gasteiger partial charge in [-0.2, -0.15) is 0 Å². The summed E-state index contributed by atoms with van der Waals surface area (Å²) in [5.74, 6) is 1.86. The third kappa shape index (κ3) is 7.15. The maximum Gasteiger partial charge on any atom is 0.0108 e. The van der Waals surface area contributed by atoms with Gasteiger partial charge in [-0.15, -0.1) is 0 Å². The molecular weight excluding hydrogens is 256 g/mol. The lowest BCUT2D eigenvalue weighted by Gasteiger charge is -2.39. The summed E-state index contributed by atoms with van der Waals surface area (Å²) in [4.78, 5) is 2.70. The van der Waals surface area contributed by atoms with Gasteiger partial charge in [0.05, 0.1) is 0 Å². The zero-order valence-electron chi connectivity index (χ0n) is 15.2. The molecule has 0 heterocycles. The number of hydrogen-bond donors (Lipinski definition) is 1. The lowest BCUT2D eigenvalue weighted by molar-refractivity contribution is 0.137. The van der Waals surface area contributed by atoms with E-state index in [2.05, 4.69) is 37.9 Å². The van der Waals surface area contributed by atoms with Crippen LogP contribution < -0.4 is 5.32 Å². The summed E-state index contributed by atoms with van der Waals surface area (Å²) in [5.41, 5.74) is 0. The van der Waals surface area contributed by atoms with Crippen LogP contribution >= 0.6 is 0 Å². The summed E-state index contributed by atoms with van der Waals surface area (Å²) in [5, 5.41) is 3.84. The third-order valence-electron chi connectivity index (χ3n) is 5.21. The van der Waals surface area contributed by atoms with Crippen LogP contribution in [-0.4, -0.2) is 37.1 Å². The molecule has 2 heteroatoms. The molecule has 2 nitrogen and oxygen atoms in total. The predicted molar refractivity (Wildman–Crippen MR) is 94.8 cm³/mol. The van der Waals surface area contributed by atoms with Gasteiger partial charge in [0.25, 0.3) is 0 Å². The summed E-state index contributed by atoms with van der Waals surface area (Å²) < 4.78 is 0. The largest absolute Gasteiger partial charge is 0.314 e. The van der Waals surface area contributed by atoms with Crippen LogP contribution in [-0.2, 0) is 0 Å². The number of rotatable bonds is 11. The van der Waals surface area contributed by atoms with E-state index in [1.165, 1.54) is 77.5 Å². The van der Waals surface area contributed by atoms with E-state index in [4.69, 9.17) is 0 Å². The molecule has 126 valence electrons. The summed E-state index contributed by atoms with van der Waals surface area (Å²) in [6.45, 7) is 14.3. The monoisotopic (exact) mass is 296 g/mol. The first-order valence-electron chi connectivity index (χ1n) is 9.70. The van der Waals surface area contributed by atoms with Gasteiger partial charge in [-0.25, -0.2) is 0 Å². The predicted octanol–water partition coefficient (Wildman–Crippen LogP) is 4.69. The van der Waals surface area contributed by atoms with Gasteiger partial charge in [0.2, 0.25) is 0 Å². The molecule has 0 bridgehead atoms. The van der Waals surface area contributed by atoms with Crippen LogP contribution in [0.2, 0.25) is 0 Å². The minimum atomic E-state index is 0.772. The minimum absolute atomic E-state index is 0.772. The number of nitrogens with zero attached hydrogens (tertiary/aromatic N) is 1. The van der Waals surface area contributed by atoms with Crippen molar-refractivity contribution in [3.63, 3.8) is 0 Å². The van der Waals surface area contributed by atoms with E-state index in [-0.39, 0.29) is 0 Å². The molecular formula is C19H40N2. The van der Waals surface area contributed by atoms with Gasteiger partial charge < -0.3 is 10.2 Å². The van der Waals surface area contributed by atoms with Crippen LogP contribution in [0.1, 0.15) is 79.1 Å². The number of unbranched alkanes of at least 4 members (excludes halogenated alkanes) is 1.